The molecule has 1 unspecified atom stereocenters. The highest BCUT2D eigenvalue weighted by molar-refractivity contribution is 5.25. The van der Waals surface area contributed by atoms with Gasteiger partial charge in [0.15, 0.2) is 11.6 Å². The second kappa shape index (κ2) is 6.69. The maximum atomic E-state index is 13.5. The van der Waals surface area contributed by atoms with Gasteiger partial charge in [0.1, 0.15) is 11.9 Å². The fourth-order valence-electron chi connectivity index (χ4n) is 1.50. The first-order valence-corrected chi connectivity index (χ1v) is 6.25. The van der Waals surface area contributed by atoms with Crippen LogP contribution in [0.5, 0.6) is 5.75 Å². The van der Waals surface area contributed by atoms with Crippen molar-refractivity contribution in [3.8, 4) is 5.75 Å². The highest BCUT2D eigenvalue weighted by atomic mass is 19.1. The van der Waals surface area contributed by atoms with Gasteiger partial charge in [0.05, 0.1) is 0 Å². The molecule has 0 amide bonds. The Bertz CT molecular complexity index is 380. The highest BCUT2D eigenvalue weighted by Crippen LogP contribution is 2.21. The largest absolute Gasteiger partial charge is 0.486 e. The first-order valence-electron chi connectivity index (χ1n) is 6.25. The Hall–Kier alpha value is -1.16. The summed E-state index contributed by atoms with van der Waals surface area (Å²) in [5.41, 5.74) is 0. The van der Waals surface area contributed by atoms with Crippen LogP contribution in [0.1, 0.15) is 27.7 Å². The van der Waals surface area contributed by atoms with E-state index < -0.39 is 11.6 Å². The van der Waals surface area contributed by atoms with Gasteiger partial charge < -0.3 is 10.1 Å². The summed E-state index contributed by atoms with van der Waals surface area (Å²) in [4.78, 5) is 0. The van der Waals surface area contributed by atoms with Gasteiger partial charge in [-0.2, -0.15) is 0 Å². The van der Waals surface area contributed by atoms with Gasteiger partial charge >= 0.3 is 0 Å². The SMILES string of the molecule is CC(C)NCC(Oc1cc(F)ccc1F)C(C)C. The molecule has 0 saturated carbocycles. The lowest BCUT2D eigenvalue weighted by atomic mass is 10.1. The molecule has 0 aromatic heterocycles. The van der Waals surface area contributed by atoms with Crippen molar-refractivity contribution in [3.05, 3.63) is 29.8 Å². The third-order valence-corrected chi connectivity index (χ3v) is 2.64. The third kappa shape index (κ3) is 4.61. The minimum absolute atomic E-state index is 0.0285. The lowest BCUT2D eigenvalue weighted by Crippen LogP contribution is -2.38. The highest BCUT2D eigenvalue weighted by Gasteiger charge is 2.17. The molecule has 1 N–H and O–H groups in total. The van der Waals surface area contributed by atoms with Gasteiger partial charge in [0.25, 0.3) is 0 Å². The Morgan fingerprint density at radius 2 is 1.83 bits per heavy atom. The molecule has 102 valence electrons. The van der Waals surface area contributed by atoms with Crippen LogP contribution < -0.4 is 10.1 Å². The van der Waals surface area contributed by atoms with Crippen LogP contribution in [0.4, 0.5) is 8.78 Å². The molecule has 1 aromatic rings. The van der Waals surface area contributed by atoms with Crippen molar-refractivity contribution in [3.63, 3.8) is 0 Å². The van der Waals surface area contributed by atoms with Gasteiger partial charge in [-0.25, -0.2) is 8.78 Å². The number of halogens is 2. The molecule has 1 aromatic carbocycles. The molecule has 1 atom stereocenters. The van der Waals surface area contributed by atoms with Crippen LogP contribution in [0.15, 0.2) is 18.2 Å². The van der Waals surface area contributed by atoms with Crippen LogP contribution in [0, 0.1) is 17.6 Å². The lowest BCUT2D eigenvalue weighted by molar-refractivity contribution is 0.140. The molecule has 0 radical (unpaired) electrons. The van der Waals surface area contributed by atoms with E-state index in [4.69, 9.17) is 4.74 Å². The number of benzene rings is 1. The number of rotatable bonds is 6. The van der Waals surface area contributed by atoms with Crippen LogP contribution in [0.25, 0.3) is 0 Å². The van der Waals surface area contributed by atoms with Crippen LogP contribution in [0.3, 0.4) is 0 Å². The third-order valence-electron chi connectivity index (χ3n) is 2.64. The average molecular weight is 257 g/mol. The van der Waals surface area contributed by atoms with Crippen LogP contribution in [0.2, 0.25) is 0 Å². The molecule has 0 spiro atoms. The number of hydrogen-bond donors (Lipinski definition) is 1. The normalized spacial score (nSPS) is 13.1. The van der Waals surface area contributed by atoms with Crippen LogP contribution in [-0.4, -0.2) is 18.7 Å². The van der Waals surface area contributed by atoms with Crippen LogP contribution in [-0.2, 0) is 0 Å². The second-order valence-electron chi connectivity index (χ2n) is 5.04. The predicted octanol–water partition coefficient (Wildman–Crippen LogP) is 3.37. The molecule has 18 heavy (non-hydrogen) atoms. The minimum atomic E-state index is -0.536. The maximum absolute atomic E-state index is 13.5. The minimum Gasteiger partial charge on any atom is -0.486 e. The zero-order chi connectivity index (χ0) is 13.7. The fourth-order valence-corrected chi connectivity index (χ4v) is 1.50. The molecule has 0 aliphatic rings. The summed E-state index contributed by atoms with van der Waals surface area (Å²) < 4.78 is 32.1. The zero-order valence-electron chi connectivity index (χ0n) is 11.3. The number of nitrogens with one attached hydrogen (secondary N) is 1. The Morgan fingerprint density at radius 3 is 2.39 bits per heavy atom. The zero-order valence-corrected chi connectivity index (χ0v) is 11.3. The van der Waals surface area contributed by atoms with Gasteiger partial charge in [-0.3, -0.25) is 0 Å². The van der Waals surface area contributed by atoms with Crippen LogP contribution >= 0.6 is 0 Å². The molecular formula is C14H21F2NO. The molecule has 0 saturated heterocycles. The Labute approximate surface area is 107 Å². The van der Waals surface area contributed by atoms with E-state index in [1.165, 1.54) is 0 Å². The molecule has 0 bridgehead atoms. The van der Waals surface area contributed by atoms with E-state index in [9.17, 15) is 8.78 Å². The van der Waals surface area contributed by atoms with Crippen molar-refractivity contribution in [2.75, 3.05) is 6.54 Å². The van der Waals surface area contributed by atoms with E-state index in [0.29, 0.717) is 12.6 Å². The van der Waals surface area contributed by atoms with Gasteiger partial charge in [-0.05, 0) is 18.1 Å². The number of hydrogen-bond acceptors (Lipinski definition) is 2. The molecular weight excluding hydrogens is 236 g/mol. The molecule has 0 aliphatic heterocycles. The quantitative estimate of drug-likeness (QED) is 0.843. The summed E-state index contributed by atoms with van der Waals surface area (Å²) in [6, 6.07) is 3.57. The van der Waals surface area contributed by atoms with Crippen molar-refractivity contribution in [1.29, 1.82) is 0 Å². The molecule has 0 aliphatic carbocycles. The summed E-state index contributed by atoms with van der Waals surface area (Å²) in [7, 11) is 0. The van der Waals surface area contributed by atoms with Crippen molar-refractivity contribution in [2.24, 2.45) is 5.92 Å². The molecule has 2 nitrogen and oxygen atoms in total. The van der Waals surface area contributed by atoms with Crippen molar-refractivity contribution >= 4 is 0 Å². The summed E-state index contributed by atoms with van der Waals surface area (Å²) in [6.45, 7) is 8.64. The van der Waals surface area contributed by atoms with Crippen molar-refractivity contribution in [1.82, 2.24) is 5.32 Å². The van der Waals surface area contributed by atoms with Gasteiger partial charge in [-0.1, -0.05) is 27.7 Å². The summed E-state index contributed by atoms with van der Waals surface area (Å²) >= 11 is 0. The van der Waals surface area contributed by atoms with Crippen molar-refractivity contribution < 1.29 is 13.5 Å². The van der Waals surface area contributed by atoms with Crippen molar-refractivity contribution in [2.45, 2.75) is 39.8 Å². The molecule has 4 heteroatoms. The second-order valence-corrected chi connectivity index (χ2v) is 5.04. The van der Waals surface area contributed by atoms with Gasteiger partial charge in [0.2, 0.25) is 0 Å². The van der Waals surface area contributed by atoms with E-state index in [0.717, 1.165) is 18.2 Å². The average Bonchev–Trinajstić information content (AvgIpc) is 2.28. The van der Waals surface area contributed by atoms with Gasteiger partial charge in [0, 0.05) is 18.7 Å². The summed E-state index contributed by atoms with van der Waals surface area (Å²) in [5, 5.41) is 3.24. The van der Waals surface area contributed by atoms with E-state index in [1.54, 1.807) is 0 Å². The summed E-state index contributed by atoms with van der Waals surface area (Å²) in [5.74, 6) is -0.851. The first kappa shape index (κ1) is 14.9. The predicted molar refractivity (Wildman–Crippen MR) is 68.8 cm³/mol. The first-order chi connectivity index (χ1) is 8.40. The monoisotopic (exact) mass is 257 g/mol. The van der Waals surface area contributed by atoms with E-state index in [-0.39, 0.29) is 17.8 Å². The Kier molecular flexibility index (Phi) is 5.54. The molecule has 1 rings (SSSR count). The summed E-state index contributed by atoms with van der Waals surface area (Å²) in [6.07, 6.45) is -0.191. The maximum Gasteiger partial charge on any atom is 0.165 e. The van der Waals surface area contributed by atoms with E-state index in [2.05, 4.69) is 5.32 Å². The lowest BCUT2D eigenvalue weighted by Gasteiger charge is -2.24. The fraction of sp³-hybridized carbons (Fsp3) is 0.571. The standard InChI is InChI=1S/C14H21F2NO/c1-9(2)14(8-17-10(3)4)18-13-7-11(15)5-6-12(13)16/h5-7,9-10,14,17H,8H2,1-4H3. The van der Waals surface area contributed by atoms with E-state index in [1.807, 2.05) is 27.7 Å². The smallest absolute Gasteiger partial charge is 0.165 e. The number of ether oxygens (including phenoxy) is 1. The molecule has 0 heterocycles. The van der Waals surface area contributed by atoms with Gasteiger partial charge in [-0.15, -0.1) is 0 Å². The van der Waals surface area contributed by atoms with E-state index >= 15 is 0 Å². The topological polar surface area (TPSA) is 21.3 Å². The Balaban J connectivity index is 2.73. The Morgan fingerprint density at radius 1 is 1.17 bits per heavy atom. The molecule has 0 fully saturated rings.